The molecule has 1 fully saturated rings. The van der Waals surface area contributed by atoms with Crippen molar-refractivity contribution in [1.82, 2.24) is 24.6 Å². The largest absolute Gasteiger partial charge is 0.497 e. The molecule has 0 aromatic carbocycles. The highest BCUT2D eigenvalue weighted by Crippen LogP contribution is 2.39. The van der Waals surface area contributed by atoms with Crippen molar-refractivity contribution >= 4 is 5.91 Å². The number of hydrogen-bond donors (Lipinski definition) is 0. The van der Waals surface area contributed by atoms with Crippen LogP contribution in [-0.2, 0) is 6.54 Å². The van der Waals surface area contributed by atoms with Gasteiger partial charge in [0.15, 0.2) is 5.82 Å². The SMILES string of the molecule is COc1ccnc(C(=O)N2CCn3nc(C4CC4)nc3[C@H]2C)c1. The Morgan fingerprint density at radius 1 is 1.35 bits per heavy atom. The van der Waals surface area contributed by atoms with Gasteiger partial charge in [0.2, 0.25) is 0 Å². The standard InChI is InChI=1S/C16H19N5O2/c1-10-15-18-14(11-3-4-11)19-21(15)8-7-20(10)16(22)13-9-12(23-2)5-6-17-13/h5-6,9-11H,3-4,7-8H2,1-2H3/t10-/m1/s1. The third-order valence-corrected chi connectivity index (χ3v) is 4.50. The normalized spacial score (nSPS) is 20.3. The number of hydrogen-bond acceptors (Lipinski definition) is 5. The van der Waals surface area contributed by atoms with Gasteiger partial charge in [0, 0.05) is 24.7 Å². The van der Waals surface area contributed by atoms with Crippen LogP contribution in [0.25, 0.3) is 0 Å². The molecule has 0 N–H and O–H groups in total. The number of pyridine rings is 1. The summed E-state index contributed by atoms with van der Waals surface area (Å²) in [6.45, 7) is 3.28. The number of nitrogens with zero attached hydrogens (tertiary/aromatic N) is 5. The zero-order chi connectivity index (χ0) is 16.0. The van der Waals surface area contributed by atoms with Crippen molar-refractivity contribution in [3.63, 3.8) is 0 Å². The van der Waals surface area contributed by atoms with E-state index in [0.29, 0.717) is 30.5 Å². The van der Waals surface area contributed by atoms with Crippen molar-refractivity contribution in [2.45, 2.75) is 38.3 Å². The molecule has 0 saturated heterocycles. The molecule has 7 nitrogen and oxygen atoms in total. The summed E-state index contributed by atoms with van der Waals surface area (Å²) in [5.74, 6) is 2.85. The van der Waals surface area contributed by atoms with E-state index < -0.39 is 0 Å². The first-order valence-electron chi connectivity index (χ1n) is 7.93. The van der Waals surface area contributed by atoms with Crippen molar-refractivity contribution < 1.29 is 9.53 Å². The molecule has 7 heteroatoms. The Hall–Kier alpha value is -2.44. The molecule has 0 spiro atoms. The fourth-order valence-corrected chi connectivity index (χ4v) is 2.98. The van der Waals surface area contributed by atoms with E-state index in [-0.39, 0.29) is 11.9 Å². The second-order valence-corrected chi connectivity index (χ2v) is 6.08. The maximum absolute atomic E-state index is 12.8. The van der Waals surface area contributed by atoms with Crippen LogP contribution in [0.5, 0.6) is 5.75 Å². The molecule has 1 aliphatic heterocycles. The fourth-order valence-electron chi connectivity index (χ4n) is 2.98. The predicted octanol–water partition coefficient (Wildman–Crippen LogP) is 1.78. The highest BCUT2D eigenvalue weighted by molar-refractivity contribution is 5.93. The highest BCUT2D eigenvalue weighted by atomic mass is 16.5. The molecule has 2 aliphatic rings. The van der Waals surface area contributed by atoms with Crippen molar-refractivity contribution in [3.05, 3.63) is 35.7 Å². The van der Waals surface area contributed by atoms with Crippen molar-refractivity contribution in [2.24, 2.45) is 0 Å². The van der Waals surface area contributed by atoms with Gasteiger partial charge in [-0.2, -0.15) is 5.10 Å². The number of aromatic nitrogens is 4. The molecule has 0 radical (unpaired) electrons. The van der Waals surface area contributed by atoms with E-state index in [9.17, 15) is 4.79 Å². The molecule has 4 rings (SSSR count). The second-order valence-electron chi connectivity index (χ2n) is 6.08. The Labute approximate surface area is 134 Å². The lowest BCUT2D eigenvalue weighted by atomic mass is 10.2. The zero-order valence-electron chi connectivity index (χ0n) is 13.3. The minimum Gasteiger partial charge on any atom is -0.497 e. The minimum atomic E-state index is -0.107. The summed E-state index contributed by atoms with van der Waals surface area (Å²) < 4.78 is 7.12. The predicted molar refractivity (Wildman–Crippen MR) is 82.2 cm³/mol. The number of rotatable bonds is 3. The van der Waals surface area contributed by atoms with Crippen LogP contribution in [0.2, 0.25) is 0 Å². The maximum atomic E-state index is 12.8. The Bertz CT molecular complexity index is 753. The van der Waals surface area contributed by atoms with Gasteiger partial charge in [-0.25, -0.2) is 9.67 Å². The van der Waals surface area contributed by atoms with Crippen molar-refractivity contribution in [3.8, 4) is 5.75 Å². The Morgan fingerprint density at radius 2 is 2.17 bits per heavy atom. The first kappa shape index (κ1) is 14.2. The average Bonchev–Trinajstić information content (AvgIpc) is 3.34. The maximum Gasteiger partial charge on any atom is 0.273 e. The van der Waals surface area contributed by atoms with Crippen molar-refractivity contribution in [2.75, 3.05) is 13.7 Å². The van der Waals surface area contributed by atoms with Crippen LogP contribution < -0.4 is 4.74 Å². The van der Waals surface area contributed by atoms with E-state index in [1.54, 1.807) is 25.4 Å². The van der Waals surface area contributed by atoms with E-state index in [1.807, 2.05) is 16.5 Å². The van der Waals surface area contributed by atoms with E-state index >= 15 is 0 Å². The Morgan fingerprint density at radius 3 is 2.91 bits per heavy atom. The van der Waals surface area contributed by atoms with Crippen LogP contribution >= 0.6 is 0 Å². The summed E-state index contributed by atoms with van der Waals surface area (Å²) in [7, 11) is 1.58. The van der Waals surface area contributed by atoms with Gasteiger partial charge in [-0.3, -0.25) is 9.78 Å². The van der Waals surface area contributed by atoms with Gasteiger partial charge in [-0.05, 0) is 25.8 Å². The molecular weight excluding hydrogens is 294 g/mol. The van der Waals surface area contributed by atoms with Gasteiger partial charge in [-0.15, -0.1) is 0 Å². The summed E-state index contributed by atoms with van der Waals surface area (Å²) >= 11 is 0. The summed E-state index contributed by atoms with van der Waals surface area (Å²) in [6, 6.07) is 3.29. The number of fused-ring (bicyclic) bond motifs is 1. The Kier molecular flexibility index (Phi) is 3.28. The van der Waals surface area contributed by atoms with Gasteiger partial charge >= 0.3 is 0 Å². The lowest BCUT2D eigenvalue weighted by molar-refractivity contribution is 0.0624. The zero-order valence-corrected chi connectivity index (χ0v) is 13.3. The molecule has 2 aromatic heterocycles. The number of ether oxygens (including phenoxy) is 1. The molecular formula is C16H19N5O2. The van der Waals surface area contributed by atoms with Crippen molar-refractivity contribution in [1.29, 1.82) is 0 Å². The minimum absolute atomic E-state index is 0.0985. The van der Waals surface area contributed by atoms with E-state index in [1.165, 1.54) is 12.8 Å². The number of carbonyl (C=O) groups excluding carboxylic acids is 1. The van der Waals surface area contributed by atoms with Crippen LogP contribution in [0.3, 0.4) is 0 Å². The molecule has 23 heavy (non-hydrogen) atoms. The van der Waals surface area contributed by atoms with Gasteiger partial charge in [0.25, 0.3) is 5.91 Å². The van der Waals surface area contributed by atoms with Gasteiger partial charge < -0.3 is 9.64 Å². The monoisotopic (exact) mass is 313 g/mol. The molecule has 1 atom stereocenters. The van der Waals surface area contributed by atoms with E-state index in [0.717, 1.165) is 11.6 Å². The fraction of sp³-hybridized carbons (Fsp3) is 0.500. The van der Waals surface area contributed by atoms with Crippen LogP contribution in [0.15, 0.2) is 18.3 Å². The molecule has 1 aliphatic carbocycles. The molecule has 3 heterocycles. The van der Waals surface area contributed by atoms with E-state index in [2.05, 4.69) is 15.1 Å². The van der Waals surface area contributed by atoms with Crippen LogP contribution in [0, 0.1) is 0 Å². The van der Waals surface area contributed by atoms with Crippen LogP contribution in [-0.4, -0.2) is 44.2 Å². The number of amides is 1. The van der Waals surface area contributed by atoms with Gasteiger partial charge in [0.05, 0.1) is 19.7 Å². The third kappa shape index (κ3) is 2.46. The first-order chi connectivity index (χ1) is 11.2. The number of carbonyl (C=O) groups is 1. The summed E-state index contributed by atoms with van der Waals surface area (Å²) in [5.41, 5.74) is 0.395. The van der Waals surface area contributed by atoms with Crippen LogP contribution in [0.4, 0.5) is 0 Å². The molecule has 1 saturated carbocycles. The second kappa shape index (κ2) is 5.33. The summed E-state index contributed by atoms with van der Waals surface area (Å²) in [6.07, 6.45) is 3.94. The Balaban J connectivity index is 1.60. The molecule has 0 unspecified atom stereocenters. The topological polar surface area (TPSA) is 73.1 Å². The smallest absolute Gasteiger partial charge is 0.273 e. The number of methoxy groups -OCH3 is 1. The molecule has 120 valence electrons. The van der Waals surface area contributed by atoms with Crippen LogP contribution in [0.1, 0.15) is 53.9 Å². The molecule has 2 aromatic rings. The first-order valence-corrected chi connectivity index (χ1v) is 7.93. The summed E-state index contributed by atoms with van der Waals surface area (Å²) in [5, 5.41) is 4.59. The average molecular weight is 313 g/mol. The van der Waals surface area contributed by atoms with Gasteiger partial charge in [0.1, 0.15) is 17.3 Å². The summed E-state index contributed by atoms with van der Waals surface area (Å²) in [4.78, 5) is 23.4. The molecule has 1 amide bonds. The lowest BCUT2D eigenvalue weighted by Gasteiger charge is -2.32. The third-order valence-electron chi connectivity index (χ3n) is 4.50. The quantitative estimate of drug-likeness (QED) is 0.863. The van der Waals surface area contributed by atoms with Gasteiger partial charge in [-0.1, -0.05) is 0 Å². The lowest BCUT2D eigenvalue weighted by Crippen LogP contribution is -2.41. The molecule has 0 bridgehead atoms. The van der Waals surface area contributed by atoms with E-state index in [4.69, 9.17) is 4.74 Å². The highest BCUT2D eigenvalue weighted by Gasteiger charge is 2.35.